The number of benzene rings is 1. The van der Waals surface area contributed by atoms with Crippen molar-refractivity contribution in [1.82, 2.24) is 4.98 Å². The number of carbonyl (C=O) groups is 1. The summed E-state index contributed by atoms with van der Waals surface area (Å²) in [5.74, 6) is -0.770. The molecule has 1 aromatic heterocycles. The molecule has 1 aromatic carbocycles. The number of anilines is 1. The molecule has 0 spiro atoms. The summed E-state index contributed by atoms with van der Waals surface area (Å²) in [7, 11) is -4.36. The van der Waals surface area contributed by atoms with Crippen LogP contribution < -0.4 is 5.32 Å². The summed E-state index contributed by atoms with van der Waals surface area (Å²) in [4.78, 5) is 32.7. The molecule has 18 heavy (non-hydrogen) atoms. The van der Waals surface area contributed by atoms with E-state index < -0.39 is 19.7 Å². The van der Waals surface area contributed by atoms with E-state index in [4.69, 9.17) is 21.4 Å². The third kappa shape index (κ3) is 3.51. The van der Waals surface area contributed by atoms with Crippen molar-refractivity contribution in [3.8, 4) is 0 Å². The van der Waals surface area contributed by atoms with Crippen LogP contribution in [0.25, 0.3) is 10.2 Å². The van der Waals surface area contributed by atoms with E-state index in [0.717, 1.165) is 4.70 Å². The number of halogens is 1. The van der Waals surface area contributed by atoms with Crippen molar-refractivity contribution in [2.45, 2.75) is 0 Å². The van der Waals surface area contributed by atoms with Crippen LogP contribution in [0.3, 0.4) is 0 Å². The summed E-state index contributed by atoms with van der Waals surface area (Å²) < 4.78 is 11.4. The van der Waals surface area contributed by atoms with Gasteiger partial charge in [0.15, 0.2) is 5.13 Å². The molecule has 0 saturated heterocycles. The highest BCUT2D eigenvalue weighted by Crippen LogP contribution is 2.34. The Hall–Kier alpha value is -0.980. The molecule has 1 heterocycles. The number of hydrogen-bond donors (Lipinski definition) is 3. The number of fused-ring (bicyclic) bond motifs is 1. The number of nitrogens with one attached hydrogen (secondary N) is 1. The van der Waals surface area contributed by atoms with E-state index in [1.165, 1.54) is 11.3 Å². The third-order valence-corrected chi connectivity index (χ3v) is 3.81. The fourth-order valence-electron chi connectivity index (χ4n) is 1.30. The van der Waals surface area contributed by atoms with Crippen LogP contribution in [0.1, 0.15) is 0 Å². The highest BCUT2D eigenvalue weighted by molar-refractivity contribution is 7.52. The van der Waals surface area contributed by atoms with Gasteiger partial charge in [0.2, 0.25) is 5.91 Å². The number of amides is 1. The lowest BCUT2D eigenvalue weighted by Gasteiger charge is -2.02. The molecule has 0 bridgehead atoms. The Bertz CT molecular complexity index is 653. The maximum absolute atomic E-state index is 11.3. The zero-order valence-electron chi connectivity index (χ0n) is 8.83. The molecule has 2 rings (SSSR count). The topological polar surface area (TPSA) is 99.5 Å². The first-order valence-electron chi connectivity index (χ1n) is 4.74. The maximum atomic E-state index is 11.3. The standard InChI is InChI=1S/C9H8ClN2O4PS/c10-5-1-2-6-7(3-5)18-9(11-6)12-8(13)4-17(14,15)16/h1-3H,4H2,(H,11,12,13)(H2,14,15,16). The SMILES string of the molecule is O=C(CP(=O)(O)O)Nc1nc2ccc(Cl)cc2s1. The zero-order valence-corrected chi connectivity index (χ0v) is 11.3. The Kier molecular flexibility index (Phi) is 3.70. The van der Waals surface area contributed by atoms with E-state index in [1.807, 2.05) is 0 Å². The van der Waals surface area contributed by atoms with Crippen LogP contribution in [0.15, 0.2) is 18.2 Å². The Morgan fingerprint density at radius 1 is 1.50 bits per heavy atom. The molecule has 0 radical (unpaired) electrons. The van der Waals surface area contributed by atoms with Gasteiger partial charge in [0.1, 0.15) is 6.16 Å². The largest absolute Gasteiger partial charge is 0.334 e. The van der Waals surface area contributed by atoms with Gasteiger partial charge in [-0.2, -0.15) is 0 Å². The molecule has 96 valence electrons. The van der Waals surface area contributed by atoms with Gasteiger partial charge in [-0.3, -0.25) is 9.36 Å². The van der Waals surface area contributed by atoms with Crippen molar-refractivity contribution in [2.75, 3.05) is 11.5 Å². The van der Waals surface area contributed by atoms with Crippen LogP contribution in [-0.2, 0) is 9.36 Å². The molecular weight excluding hydrogens is 299 g/mol. The molecule has 0 saturated carbocycles. The average molecular weight is 307 g/mol. The predicted octanol–water partition coefficient (Wildman–Crippen LogP) is 2.07. The summed E-state index contributed by atoms with van der Waals surface area (Å²) in [6, 6.07) is 5.07. The normalized spacial score (nSPS) is 11.7. The first kappa shape index (κ1) is 13.5. The number of aromatic nitrogens is 1. The number of thiazole rings is 1. The van der Waals surface area contributed by atoms with E-state index in [1.54, 1.807) is 18.2 Å². The molecule has 1 amide bonds. The molecular formula is C9H8ClN2O4PS. The molecule has 0 aliphatic carbocycles. The molecule has 3 N–H and O–H groups in total. The predicted molar refractivity (Wildman–Crippen MR) is 70.2 cm³/mol. The number of carbonyl (C=O) groups excluding carboxylic acids is 1. The fourth-order valence-corrected chi connectivity index (χ4v) is 2.91. The second kappa shape index (κ2) is 4.95. The van der Waals surface area contributed by atoms with Crippen LogP contribution in [0, 0.1) is 0 Å². The smallest absolute Gasteiger partial charge is 0.324 e. The Balaban J connectivity index is 2.17. The lowest BCUT2D eigenvalue weighted by atomic mass is 10.3. The van der Waals surface area contributed by atoms with Crippen molar-refractivity contribution < 1.29 is 19.1 Å². The highest BCUT2D eigenvalue weighted by atomic mass is 35.5. The van der Waals surface area contributed by atoms with Crippen LogP contribution in [-0.4, -0.2) is 26.8 Å². The zero-order chi connectivity index (χ0) is 13.3. The summed E-state index contributed by atoms with van der Waals surface area (Å²) in [6.45, 7) is 0. The molecule has 6 nitrogen and oxygen atoms in total. The van der Waals surface area contributed by atoms with Gasteiger partial charge in [0, 0.05) is 5.02 Å². The van der Waals surface area contributed by atoms with E-state index >= 15 is 0 Å². The lowest BCUT2D eigenvalue weighted by molar-refractivity contribution is -0.114. The van der Waals surface area contributed by atoms with Gasteiger partial charge in [-0.1, -0.05) is 22.9 Å². The minimum atomic E-state index is -4.36. The second-order valence-electron chi connectivity index (χ2n) is 3.50. The number of rotatable bonds is 3. The summed E-state index contributed by atoms with van der Waals surface area (Å²) in [5, 5.41) is 3.18. The van der Waals surface area contributed by atoms with Crippen molar-refractivity contribution in [1.29, 1.82) is 0 Å². The highest BCUT2D eigenvalue weighted by Gasteiger charge is 2.19. The first-order valence-corrected chi connectivity index (χ1v) is 7.73. The lowest BCUT2D eigenvalue weighted by Crippen LogP contribution is -2.15. The van der Waals surface area contributed by atoms with Gasteiger partial charge < -0.3 is 15.1 Å². The summed E-state index contributed by atoms with van der Waals surface area (Å²) in [6.07, 6.45) is -0.857. The Morgan fingerprint density at radius 2 is 2.22 bits per heavy atom. The molecule has 2 aromatic rings. The molecule has 0 unspecified atom stereocenters. The number of hydrogen-bond acceptors (Lipinski definition) is 4. The van der Waals surface area contributed by atoms with Crippen molar-refractivity contribution in [2.24, 2.45) is 0 Å². The van der Waals surface area contributed by atoms with Gasteiger partial charge >= 0.3 is 7.60 Å². The van der Waals surface area contributed by atoms with E-state index in [-0.39, 0.29) is 5.13 Å². The van der Waals surface area contributed by atoms with Crippen LogP contribution >= 0.6 is 30.5 Å². The molecule has 0 fully saturated rings. The number of nitrogens with zero attached hydrogens (tertiary/aromatic N) is 1. The van der Waals surface area contributed by atoms with Crippen molar-refractivity contribution in [3.63, 3.8) is 0 Å². The monoisotopic (exact) mass is 306 g/mol. The third-order valence-electron chi connectivity index (χ3n) is 1.95. The quantitative estimate of drug-likeness (QED) is 0.754. The summed E-state index contributed by atoms with van der Waals surface area (Å²) in [5.41, 5.74) is 0.663. The average Bonchev–Trinajstić information content (AvgIpc) is 2.55. The Labute approximate surface area is 111 Å². The van der Waals surface area contributed by atoms with E-state index in [0.29, 0.717) is 10.5 Å². The van der Waals surface area contributed by atoms with Gasteiger partial charge in [0.25, 0.3) is 0 Å². The van der Waals surface area contributed by atoms with Crippen LogP contribution in [0.4, 0.5) is 5.13 Å². The Morgan fingerprint density at radius 3 is 2.89 bits per heavy atom. The van der Waals surface area contributed by atoms with E-state index in [9.17, 15) is 9.36 Å². The van der Waals surface area contributed by atoms with E-state index in [2.05, 4.69) is 10.3 Å². The maximum Gasteiger partial charge on any atom is 0.334 e. The molecule has 0 aliphatic rings. The van der Waals surface area contributed by atoms with Gasteiger partial charge in [-0.25, -0.2) is 4.98 Å². The second-order valence-corrected chi connectivity index (χ2v) is 6.61. The van der Waals surface area contributed by atoms with Crippen molar-refractivity contribution in [3.05, 3.63) is 23.2 Å². The molecule has 9 heteroatoms. The minimum Gasteiger partial charge on any atom is -0.324 e. The van der Waals surface area contributed by atoms with Gasteiger partial charge in [-0.05, 0) is 18.2 Å². The molecule has 0 atom stereocenters. The molecule has 0 aliphatic heterocycles. The van der Waals surface area contributed by atoms with Gasteiger partial charge in [0.05, 0.1) is 10.2 Å². The van der Waals surface area contributed by atoms with Gasteiger partial charge in [-0.15, -0.1) is 0 Å². The van der Waals surface area contributed by atoms with Crippen molar-refractivity contribution >= 4 is 51.8 Å². The fraction of sp³-hybridized carbons (Fsp3) is 0.111. The summed E-state index contributed by atoms with van der Waals surface area (Å²) >= 11 is 6.99. The first-order chi connectivity index (χ1) is 8.33. The van der Waals surface area contributed by atoms with Crippen LogP contribution in [0.2, 0.25) is 5.02 Å². The van der Waals surface area contributed by atoms with Crippen LogP contribution in [0.5, 0.6) is 0 Å². The minimum absolute atomic E-state index is 0.283.